The predicted octanol–water partition coefficient (Wildman–Crippen LogP) is 2.62. The lowest BCUT2D eigenvalue weighted by Gasteiger charge is -2.35. The molecule has 1 amide bonds. The maximum atomic E-state index is 12.6. The van der Waals surface area contributed by atoms with Gasteiger partial charge in [0.1, 0.15) is 5.69 Å². The summed E-state index contributed by atoms with van der Waals surface area (Å²) < 4.78 is 0. The minimum Gasteiger partial charge on any atom is -0.320 e. The number of anilines is 1. The summed E-state index contributed by atoms with van der Waals surface area (Å²) in [6.45, 7) is 5.39. The van der Waals surface area contributed by atoms with Crippen LogP contribution >= 0.6 is 0 Å². The number of nitro benzene ring substituents is 1. The van der Waals surface area contributed by atoms with E-state index in [4.69, 9.17) is 0 Å². The van der Waals surface area contributed by atoms with Gasteiger partial charge in [-0.3, -0.25) is 14.9 Å². The van der Waals surface area contributed by atoms with Crippen LogP contribution in [0.1, 0.15) is 31.7 Å². The maximum absolute atomic E-state index is 12.6. The first kappa shape index (κ1) is 15.4. The Morgan fingerprint density at radius 3 is 2.67 bits per heavy atom. The Hall–Kier alpha value is -1.95. The van der Waals surface area contributed by atoms with Gasteiger partial charge in [-0.25, -0.2) is 0 Å². The summed E-state index contributed by atoms with van der Waals surface area (Å²) in [5, 5.41) is 17.1. The fourth-order valence-electron chi connectivity index (χ4n) is 2.80. The van der Waals surface area contributed by atoms with E-state index in [2.05, 4.69) is 10.6 Å². The molecular weight excluding hydrogens is 270 g/mol. The van der Waals surface area contributed by atoms with Crippen LogP contribution in [0.2, 0.25) is 0 Å². The summed E-state index contributed by atoms with van der Waals surface area (Å²) in [6.07, 6.45) is 2.25. The van der Waals surface area contributed by atoms with Crippen LogP contribution in [-0.2, 0) is 4.79 Å². The number of hydrogen-bond donors (Lipinski definition) is 2. The normalized spacial score (nSPS) is 17.2. The van der Waals surface area contributed by atoms with E-state index in [9.17, 15) is 14.9 Å². The molecule has 0 saturated carbocycles. The van der Waals surface area contributed by atoms with Gasteiger partial charge >= 0.3 is 0 Å². The Kier molecular flexibility index (Phi) is 4.57. The number of carbonyl (C=O) groups excluding carboxylic acids is 1. The van der Waals surface area contributed by atoms with Crippen molar-refractivity contribution in [3.63, 3.8) is 0 Å². The van der Waals surface area contributed by atoms with E-state index in [1.54, 1.807) is 19.1 Å². The molecule has 1 aliphatic rings. The lowest BCUT2D eigenvalue weighted by Crippen LogP contribution is -2.44. The average molecular weight is 291 g/mol. The highest BCUT2D eigenvalue weighted by atomic mass is 16.6. The molecule has 114 valence electrons. The van der Waals surface area contributed by atoms with E-state index in [1.165, 1.54) is 6.07 Å². The lowest BCUT2D eigenvalue weighted by atomic mass is 9.76. The molecule has 0 radical (unpaired) electrons. The van der Waals surface area contributed by atoms with Crippen molar-refractivity contribution in [2.24, 2.45) is 5.41 Å². The van der Waals surface area contributed by atoms with E-state index >= 15 is 0 Å². The maximum Gasteiger partial charge on any atom is 0.293 e. The molecule has 2 rings (SSSR count). The fraction of sp³-hybridized carbons (Fsp3) is 0.533. The summed E-state index contributed by atoms with van der Waals surface area (Å²) in [7, 11) is 0. The number of benzene rings is 1. The summed E-state index contributed by atoms with van der Waals surface area (Å²) in [4.78, 5) is 23.3. The molecule has 1 aromatic carbocycles. The van der Waals surface area contributed by atoms with E-state index in [-0.39, 0.29) is 17.3 Å². The Morgan fingerprint density at radius 2 is 2.10 bits per heavy atom. The van der Waals surface area contributed by atoms with Gasteiger partial charge in [-0.1, -0.05) is 13.0 Å². The summed E-state index contributed by atoms with van der Waals surface area (Å²) in [5.41, 5.74) is 0.599. The SMILES string of the molecule is CCC1(C(=O)Nc2ccc(C)cc2[N+](=O)[O-])CCNCC1. The molecule has 6 heteroatoms. The predicted molar refractivity (Wildman–Crippen MR) is 81.3 cm³/mol. The molecule has 21 heavy (non-hydrogen) atoms. The van der Waals surface area contributed by atoms with Crippen molar-refractivity contribution in [3.8, 4) is 0 Å². The zero-order chi connectivity index (χ0) is 15.5. The highest BCUT2D eigenvalue weighted by molar-refractivity contribution is 5.97. The van der Waals surface area contributed by atoms with Gasteiger partial charge in [0.25, 0.3) is 5.69 Å². The standard InChI is InChI=1S/C15H21N3O3/c1-3-15(6-8-16-9-7-15)14(19)17-12-5-4-11(2)10-13(12)18(20)21/h4-5,10,16H,3,6-9H2,1-2H3,(H,17,19). The highest BCUT2D eigenvalue weighted by Crippen LogP contribution is 2.35. The van der Waals surface area contributed by atoms with Crippen LogP contribution in [0, 0.1) is 22.5 Å². The third kappa shape index (κ3) is 3.21. The van der Waals surface area contributed by atoms with Crippen molar-refractivity contribution in [3.05, 3.63) is 33.9 Å². The molecule has 0 aliphatic carbocycles. The molecule has 6 nitrogen and oxygen atoms in total. The highest BCUT2D eigenvalue weighted by Gasteiger charge is 2.38. The van der Waals surface area contributed by atoms with E-state index in [0.717, 1.165) is 37.9 Å². The van der Waals surface area contributed by atoms with E-state index in [0.29, 0.717) is 0 Å². The minimum absolute atomic E-state index is 0.0523. The number of rotatable bonds is 4. The van der Waals surface area contributed by atoms with Crippen molar-refractivity contribution in [2.75, 3.05) is 18.4 Å². The molecule has 2 N–H and O–H groups in total. The first-order chi connectivity index (χ1) is 9.98. The molecular formula is C15H21N3O3. The molecule has 1 aliphatic heterocycles. The number of amides is 1. The number of piperidine rings is 1. The first-order valence-electron chi connectivity index (χ1n) is 7.26. The fourth-order valence-corrected chi connectivity index (χ4v) is 2.80. The number of carbonyl (C=O) groups is 1. The zero-order valence-electron chi connectivity index (χ0n) is 12.4. The van der Waals surface area contributed by atoms with Crippen molar-refractivity contribution >= 4 is 17.3 Å². The van der Waals surface area contributed by atoms with Gasteiger partial charge in [-0.2, -0.15) is 0 Å². The van der Waals surface area contributed by atoms with E-state index < -0.39 is 10.3 Å². The summed E-state index contributed by atoms with van der Waals surface area (Å²) in [5.74, 6) is -0.113. The van der Waals surface area contributed by atoms with Crippen LogP contribution < -0.4 is 10.6 Å². The van der Waals surface area contributed by atoms with Crippen molar-refractivity contribution in [1.29, 1.82) is 0 Å². The largest absolute Gasteiger partial charge is 0.320 e. The van der Waals surface area contributed by atoms with Crippen molar-refractivity contribution < 1.29 is 9.72 Å². The van der Waals surface area contributed by atoms with Gasteiger partial charge in [0.05, 0.1) is 10.3 Å². The molecule has 1 heterocycles. The second kappa shape index (κ2) is 6.22. The van der Waals surface area contributed by atoms with Gasteiger partial charge in [-0.15, -0.1) is 0 Å². The Balaban J connectivity index is 2.24. The van der Waals surface area contributed by atoms with Gasteiger partial charge in [0, 0.05) is 6.07 Å². The minimum atomic E-state index is -0.455. The van der Waals surface area contributed by atoms with Crippen LogP contribution in [0.4, 0.5) is 11.4 Å². The molecule has 0 spiro atoms. The van der Waals surface area contributed by atoms with Gasteiger partial charge in [0.15, 0.2) is 0 Å². The smallest absolute Gasteiger partial charge is 0.293 e. The quantitative estimate of drug-likeness (QED) is 0.659. The average Bonchev–Trinajstić information content (AvgIpc) is 2.49. The number of nitro groups is 1. The number of nitrogens with zero attached hydrogens (tertiary/aromatic N) is 1. The third-order valence-electron chi connectivity index (χ3n) is 4.32. The topological polar surface area (TPSA) is 84.3 Å². The van der Waals surface area contributed by atoms with Gasteiger partial charge < -0.3 is 10.6 Å². The van der Waals surface area contributed by atoms with Crippen LogP contribution in [0.3, 0.4) is 0 Å². The first-order valence-corrected chi connectivity index (χ1v) is 7.26. The molecule has 0 atom stereocenters. The lowest BCUT2D eigenvalue weighted by molar-refractivity contribution is -0.384. The van der Waals surface area contributed by atoms with Crippen LogP contribution in [0.25, 0.3) is 0 Å². The summed E-state index contributed by atoms with van der Waals surface area (Å²) in [6, 6.07) is 4.86. The van der Waals surface area contributed by atoms with Crippen LogP contribution in [0.15, 0.2) is 18.2 Å². The molecule has 0 unspecified atom stereocenters. The van der Waals surface area contributed by atoms with Crippen LogP contribution in [0.5, 0.6) is 0 Å². The van der Waals surface area contributed by atoms with Crippen molar-refractivity contribution in [1.82, 2.24) is 5.32 Å². The van der Waals surface area contributed by atoms with E-state index in [1.807, 2.05) is 6.92 Å². The Bertz CT molecular complexity index is 551. The Labute approximate surface area is 124 Å². The molecule has 0 aromatic heterocycles. The summed E-state index contributed by atoms with van der Waals surface area (Å²) >= 11 is 0. The zero-order valence-corrected chi connectivity index (χ0v) is 12.4. The number of nitrogens with one attached hydrogen (secondary N) is 2. The molecule has 1 saturated heterocycles. The Morgan fingerprint density at radius 1 is 1.43 bits per heavy atom. The molecule has 1 fully saturated rings. The number of hydrogen-bond acceptors (Lipinski definition) is 4. The van der Waals surface area contributed by atoms with Crippen molar-refractivity contribution in [2.45, 2.75) is 33.1 Å². The third-order valence-corrected chi connectivity index (χ3v) is 4.32. The van der Waals surface area contributed by atoms with Gasteiger partial charge in [0.2, 0.25) is 5.91 Å². The van der Waals surface area contributed by atoms with Crippen LogP contribution in [-0.4, -0.2) is 23.9 Å². The second-order valence-electron chi connectivity index (χ2n) is 5.62. The molecule has 1 aromatic rings. The van der Waals surface area contributed by atoms with Gasteiger partial charge in [-0.05, 0) is 50.9 Å². The molecule has 0 bridgehead atoms. The monoisotopic (exact) mass is 291 g/mol. The number of aryl methyl sites for hydroxylation is 1. The second-order valence-corrected chi connectivity index (χ2v) is 5.62.